The van der Waals surface area contributed by atoms with E-state index in [0.717, 1.165) is 25.7 Å². The summed E-state index contributed by atoms with van der Waals surface area (Å²) < 4.78 is 44.3. The Morgan fingerprint density at radius 1 is 0.976 bits per heavy atom. The normalized spacial score (nSPS) is 62.2. The van der Waals surface area contributed by atoms with Gasteiger partial charge in [0, 0.05) is 25.7 Å². The van der Waals surface area contributed by atoms with Crippen LogP contribution in [0.3, 0.4) is 0 Å². The molecule has 7 heterocycles. The van der Waals surface area contributed by atoms with Crippen LogP contribution < -0.4 is 0 Å². The van der Waals surface area contributed by atoms with Gasteiger partial charge in [-0.25, -0.2) is 0 Å². The maximum Gasteiger partial charge on any atom is 0.315 e. The lowest BCUT2D eigenvalue weighted by Crippen LogP contribution is -2.69. The monoisotopic (exact) mass is 590 g/mol. The third-order valence-electron chi connectivity index (χ3n) is 12.1. The smallest absolute Gasteiger partial charge is 0.315 e. The molecule has 7 aliphatic heterocycles. The van der Waals surface area contributed by atoms with E-state index in [0.29, 0.717) is 25.2 Å². The molecule has 7 fully saturated rings. The number of aliphatic hydroxyl groups is 2. The first-order valence-corrected chi connectivity index (χ1v) is 16.2. The highest BCUT2D eigenvalue weighted by molar-refractivity contribution is 5.77. The molecule has 0 unspecified atom stereocenters. The molecule has 0 aromatic heterocycles. The zero-order valence-electron chi connectivity index (χ0n) is 25.3. The quantitative estimate of drug-likeness (QED) is 0.267. The third kappa shape index (κ3) is 3.88. The molecule has 234 valence electrons. The molecule has 0 radical (unpaired) electrons. The van der Waals surface area contributed by atoms with Crippen LogP contribution in [0.4, 0.5) is 0 Å². The van der Waals surface area contributed by atoms with Crippen molar-refractivity contribution in [2.75, 3.05) is 6.61 Å². The summed E-state index contributed by atoms with van der Waals surface area (Å²) >= 11 is 0. The van der Waals surface area contributed by atoms with Crippen molar-refractivity contribution >= 4 is 5.97 Å². The van der Waals surface area contributed by atoms with Gasteiger partial charge in [-0.2, -0.15) is 0 Å². The average molecular weight is 591 g/mol. The molecule has 2 bridgehead atoms. The predicted octanol–water partition coefficient (Wildman–Crippen LogP) is 2.56. The van der Waals surface area contributed by atoms with Gasteiger partial charge < -0.3 is 43.4 Å². The first kappa shape index (κ1) is 28.4. The Morgan fingerprint density at radius 2 is 1.79 bits per heavy atom. The molecule has 0 amide bonds. The van der Waals surface area contributed by atoms with E-state index in [4.69, 9.17) is 33.2 Å². The van der Waals surface area contributed by atoms with Crippen LogP contribution in [0, 0.1) is 17.8 Å². The molecule has 8 aliphatic rings. The molecule has 1 saturated carbocycles. The Labute approximate surface area is 247 Å². The second-order valence-electron chi connectivity index (χ2n) is 15.1. The van der Waals surface area contributed by atoms with Gasteiger partial charge in [-0.05, 0) is 44.9 Å². The van der Waals surface area contributed by atoms with Gasteiger partial charge in [-0.15, -0.1) is 0 Å². The highest BCUT2D eigenvalue weighted by atomic mass is 16.7. The fourth-order valence-electron chi connectivity index (χ4n) is 9.41. The molecule has 2 spiro atoms. The van der Waals surface area contributed by atoms with Crippen molar-refractivity contribution in [2.45, 2.75) is 157 Å². The summed E-state index contributed by atoms with van der Waals surface area (Å²) in [6.07, 6.45) is 5.34. The molecular formula is C32H46O10. The number of hydrogen-bond donors (Lipinski definition) is 2. The number of carbonyl (C=O) groups is 1. The van der Waals surface area contributed by atoms with Crippen LogP contribution in [0.15, 0.2) is 12.2 Å². The molecule has 1 aliphatic carbocycles. The van der Waals surface area contributed by atoms with E-state index in [9.17, 15) is 15.0 Å². The number of epoxide rings is 3. The molecule has 10 heteroatoms. The van der Waals surface area contributed by atoms with Crippen LogP contribution in [0.1, 0.15) is 79.6 Å². The Hall–Kier alpha value is -1.11. The van der Waals surface area contributed by atoms with Crippen molar-refractivity contribution in [1.82, 2.24) is 0 Å². The average Bonchev–Trinajstić information content (AvgIpc) is 3.86. The number of carbonyl (C=O) groups excluding carboxylic acids is 1. The van der Waals surface area contributed by atoms with Gasteiger partial charge in [0.1, 0.15) is 47.6 Å². The molecule has 0 aromatic rings. The van der Waals surface area contributed by atoms with Crippen molar-refractivity contribution < 1.29 is 48.2 Å². The lowest BCUT2D eigenvalue weighted by Gasteiger charge is -2.50. The number of ether oxygens (including phenoxy) is 7. The molecule has 6 saturated heterocycles. The van der Waals surface area contributed by atoms with Gasteiger partial charge in [0.25, 0.3) is 0 Å². The minimum absolute atomic E-state index is 0.0558. The number of aliphatic hydroxyl groups excluding tert-OH is 1. The molecule has 0 aromatic carbocycles. The van der Waals surface area contributed by atoms with Crippen LogP contribution in [-0.2, 0) is 38.0 Å². The Bertz CT molecular complexity index is 1180. The van der Waals surface area contributed by atoms with Gasteiger partial charge in [0.2, 0.25) is 0 Å². The summed E-state index contributed by atoms with van der Waals surface area (Å²) in [5, 5.41) is 23.7. The fraction of sp³-hybridized carbons (Fsp3) is 0.906. The van der Waals surface area contributed by atoms with Crippen molar-refractivity contribution in [3.05, 3.63) is 12.2 Å². The lowest BCUT2D eigenvalue weighted by atomic mass is 9.63. The first-order valence-electron chi connectivity index (χ1n) is 16.2. The van der Waals surface area contributed by atoms with Crippen LogP contribution in [0.25, 0.3) is 0 Å². The van der Waals surface area contributed by atoms with Gasteiger partial charge in [-0.3, -0.25) is 4.79 Å². The fourth-order valence-corrected chi connectivity index (χ4v) is 9.41. The Morgan fingerprint density at radius 3 is 2.57 bits per heavy atom. The van der Waals surface area contributed by atoms with Crippen molar-refractivity contribution in [3.8, 4) is 0 Å². The maximum absolute atomic E-state index is 14.3. The standard InChI is InChI=1S/C32H46O10/c1-6-20-17(3)9-10-30(39-20)14-19-11-18(38-30)12-22-28(4,40-22)13-16(2)7-8-21-31(41-21)15-36-26-24(33)29(5)25(42-29)23(27(34)37-19)32(26,31)35/h7-8,16-26,33,35H,6,9-15H2,1-5H3/b8-7-/t16-,17-,18-,19-,20+,21+,22+,23-,24-,25+,26+,28-,29-,30+,31+,32+/m0/s1. The predicted molar refractivity (Wildman–Crippen MR) is 146 cm³/mol. The van der Waals surface area contributed by atoms with E-state index >= 15 is 0 Å². The van der Waals surface area contributed by atoms with Crippen molar-refractivity contribution in [2.24, 2.45) is 17.8 Å². The maximum atomic E-state index is 14.3. The SMILES string of the molecule is CC[C@H]1O[C@]2(CC[C@@H]1C)C[C@@H]1C[C@@H](C[C@H]3O[C@@]3(C)C[C@@H](C)/C=C\[C@H]3O[C@]34CO[C@@H]3[C@H](O)[C@]5(C)O[C@@H]5[C@@H](C(=O)O1)[C@@]34O)O2. The minimum Gasteiger partial charge on any atom is -0.462 e. The molecule has 42 heavy (non-hydrogen) atoms. The molecule has 16 atom stereocenters. The summed E-state index contributed by atoms with van der Waals surface area (Å²) in [5.41, 5.74) is -4.21. The van der Waals surface area contributed by atoms with E-state index in [2.05, 4.69) is 33.8 Å². The molecular weight excluding hydrogens is 544 g/mol. The largest absolute Gasteiger partial charge is 0.462 e. The topological polar surface area (TPSA) is 132 Å². The van der Waals surface area contributed by atoms with Crippen LogP contribution in [-0.4, -0.2) is 99.8 Å². The second kappa shape index (κ2) is 9.00. The number of fused-ring (bicyclic) bond motifs is 5. The highest BCUT2D eigenvalue weighted by Crippen LogP contribution is 2.66. The molecule has 2 N–H and O–H groups in total. The van der Waals surface area contributed by atoms with Crippen LogP contribution in [0.5, 0.6) is 0 Å². The number of rotatable bonds is 1. The lowest BCUT2D eigenvalue weighted by molar-refractivity contribution is -0.336. The Balaban J connectivity index is 1.15. The van der Waals surface area contributed by atoms with Crippen molar-refractivity contribution in [3.63, 3.8) is 0 Å². The van der Waals surface area contributed by atoms with Crippen LogP contribution in [0.2, 0.25) is 0 Å². The van der Waals surface area contributed by atoms with Crippen LogP contribution >= 0.6 is 0 Å². The summed E-state index contributed by atoms with van der Waals surface area (Å²) in [6, 6.07) is 0. The van der Waals surface area contributed by atoms with Gasteiger partial charge in [0.05, 0.1) is 30.5 Å². The molecule has 8 rings (SSSR count). The Kier molecular flexibility index (Phi) is 6.08. The van der Waals surface area contributed by atoms with E-state index < -0.39 is 65.0 Å². The zero-order valence-corrected chi connectivity index (χ0v) is 25.3. The summed E-state index contributed by atoms with van der Waals surface area (Å²) in [6.45, 7) is 10.5. The number of hydrogen-bond acceptors (Lipinski definition) is 10. The van der Waals surface area contributed by atoms with E-state index in [1.54, 1.807) is 6.92 Å². The van der Waals surface area contributed by atoms with Gasteiger partial charge in [-0.1, -0.05) is 32.9 Å². The summed E-state index contributed by atoms with van der Waals surface area (Å²) in [7, 11) is 0. The number of allylic oxidation sites excluding steroid dienone is 1. The molecule has 10 nitrogen and oxygen atoms in total. The van der Waals surface area contributed by atoms with E-state index in [1.807, 2.05) is 6.08 Å². The van der Waals surface area contributed by atoms with Gasteiger partial charge >= 0.3 is 5.97 Å². The summed E-state index contributed by atoms with van der Waals surface area (Å²) in [5.74, 6) is -1.81. The van der Waals surface area contributed by atoms with E-state index in [-0.39, 0.29) is 36.4 Å². The second-order valence-corrected chi connectivity index (χ2v) is 15.1. The summed E-state index contributed by atoms with van der Waals surface area (Å²) in [4.78, 5) is 14.3. The van der Waals surface area contributed by atoms with E-state index in [1.165, 1.54) is 0 Å². The minimum atomic E-state index is -1.80. The first-order chi connectivity index (χ1) is 19.9. The highest BCUT2D eigenvalue weighted by Gasteiger charge is 2.87. The zero-order chi connectivity index (χ0) is 29.4. The number of esters is 1. The third-order valence-corrected chi connectivity index (χ3v) is 12.1. The van der Waals surface area contributed by atoms with Crippen molar-refractivity contribution in [1.29, 1.82) is 0 Å². The van der Waals surface area contributed by atoms with Gasteiger partial charge in [0.15, 0.2) is 11.4 Å².